The van der Waals surface area contributed by atoms with E-state index < -0.39 is 0 Å². The topological polar surface area (TPSA) is 70.3 Å². The third kappa shape index (κ3) is 2.65. The molecular weight excluding hydrogens is 226 g/mol. The SMILES string of the molecule is NC(=S)c1nccnc1OCC1CCOC1. The number of aromatic nitrogens is 2. The van der Waals surface area contributed by atoms with Gasteiger partial charge >= 0.3 is 0 Å². The highest BCUT2D eigenvalue weighted by atomic mass is 32.1. The molecule has 86 valence electrons. The maximum Gasteiger partial charge on any atom is 0.243 e. The molecule has 1 atom stereocenters. The summed E-state index contributed by atoms with van der Waals surface area (Å²) in [4.78, 5) is 8.31. The molecule has 16 heavy (non-hydrogen) atoms. The Hall–Kier alpha value is -1.27. The highest BCUT2D eigenvalue weighted by Gasteiger charge is 2.18. The van der Waals surface area contributed by atoms with Gasteiger partial charge in [-0.1, -0.05) is 12.2 Å². The molecule has 0 radical (unpaired) electrons. The fourth-order valence-corrected chi connectivity index (χ4v) is 1.65. The zero-order valence-electron chi connectivity index (χ0n) is 8.76. The molecule has 1 unspecified atom stereocenters. The molecule has 0 bridgehead atoms. The predicted molar refractivity (Wildman–Crippen MR) is 62.3 cm³/mol. The minimum absolute atomic E-state index is 0.200. The van der Waals surface area contributed by atoms with E-state index in [0.717, 1.165) is 19.6 Å². The maximum atomic E-state index is 5.56. The Balaban J connectivity index is 2.00. The molecule has 6 heteroatoms. The van der Waals surface area contributed by atoms with Gasteiger partial charge in [0.2, 0.25) is 5.88 Å². The summed E-state index contributed by atoms with van der Waals surface area (Å²) in [6, 6.07) is 0. The van der Waals surface area contributed by atoms with Crippen LogP contribution in [0.5, 0.6) is 5.88 Å². The van der Waals surface area contributed by atoms with Gasteiger partial charge in [-0.25, -0.2) is 9.97 Å². The van der Waals surface area contributed by atoms with Crippen molar-refractivity contribution in [2.75, 3.05) is 19.8 Å². The smallest absolute Gasteiger partial charge is 0.243 e. The first-order chi connectivity index (χ1) is 7.77. The Bertz CT molecular complexity index is 380. The van der Waals surface area contributed by atoms with Gasteiger partial charge in [0, 0.05) is 24.9 Å². The van der Waals surface area contributed by atoms with Crippen molar-refractivity contribution in [2.45, 2.75) is 6.42 Å². The van der Waals surface area contributed by atoms with Gasteiger partial charge in [-0.15, -0.1) is 0 Å². The molecular formula is C10H13N3O2S. The summed E-state index contributed by atoms with van der Waals surface area (Å²) in [5, 5.41) is 0. The standard InChI is InChI=1S/C10H13N3O2S/c11-9(16)8-10(13-3-2-12-8)15-6-7-1-4-14-5-7/h2-3,7H,1,4-6H2,(H2,11,16). The normalized spacial score (nSPS) is 19.6. The molecule has 0 aromatic carbocycles. The lowest BCUT2D eigenvalue weighted by atomic mass is 10.1. The van der Waals surface area contributed by atoms with E-state index in [1.807, 2.05) is 0 Å². The molecule has 1 aliphatic heterocycles. The quantitative estimate of drug-likeness (QED) is 0.773. The van der Waals surface area contributed by atoms with Crippen LogP contribution in [0.4, 0.5) is 0 Å². The summed E-state index contributed by atoms with van der Waals surface area (Å²) >= 11 is 4.87. The minimum Gasteiger partial charge on any atom is -0.476 e. The van der Waals surface area contributed by atoms with Crippen molar-refractivity contribution < 1.29 is 9.47 Å². The molecule has 1 fully saturated rings. The summed E-state index contributed by atoms with van der Waals surface area (Å²) in [6.45, 7) is 2.10. The summed E-state index contributed by atoms with van der Waals surface area (Å²) < 4.78 is 10.8. The summed E-state index contributed by atoms with van der Waals surface area (Å²) in [7, 11) is 0. The van der Waals surface area contributed by atoms with E-state index in [4.69, 9.17) is 27.4 Å². The lowest BCUT2D eigenvalue weighted by molar-refractivity contribution is 0.165. The van der Waals surface area contributed by atoms with Crippen LogP contribution in [0.25, 0.3) is 0 Å². The van der Waals surface area contributed by atoms with Gasteiger partial charge in [0.25, 0.3) is 0 Å². The van der Waals surface area contributed by atoms with E-state index in [2.05, 4.69) is 9.97 Å². The number of rotatable bonds is 4. The lowest BCUT2D eigenvalue weighted by Crippen LogP contribution is -2.18. The van der Waals surface area contributed by atoms with Crippen LogP contribution in [-0.4, -0.2) is 34.8 Å². The highest BCUT2D eigenvalue weighted by molar-refractivity contribution is 7.80. The first-order valence-corrected chi connectivity index (χ1v) is 5.49. The number of nitrogens with two attached hydrogens (primary N) is 1. The Labute approximate surface area is 99.0 Å². The summed E-state index contributed by atoms with van der Waals surface area (Å²) in [5.74, 6) is 0.822. The van der Waals surface area contributed by atoms with Crippen LogP contribution < -0.4 is 10.5 Å². The van der Waals surface area contributed by atoms with Crippen LogP contribution in [0.15, 0.2) is 12.4 Å². The lowest BCUT2D eigenvalue weighted by Gasteiger charge is -2.11. The van der Waals surface area contributed by atoms with E-state index in [1.165, 1.54) is 0 Å². The Morgan fingerprint density at radius 3 is 3.06 bits per heavy atom. The molecule has 0 aliphatic carbocycles. The average molecular weight is 239 g/mol. The number of hydrogen-bond acceptors (Lipinski definition) is 5. The van der Waals surface area contributed by atoms with Crippen molar-refractivity contribution in [2.24, 2.45) is 11.7 Å². The Kier molecular flexibility index (Phi) is 3.63. The van der Waals surface area contributed by atoms with Crippen LogP contribution in [0.1, 0.15) is 12.1 Å². The van der Waals surface area contributed by atoms with Crippen molar-refractivity contribution in [3.8, 4) is 5.88 Å². The zero-order valence-corrected chi connectivity index (χ0v) is 9.57. The molecule has 2 rings (SSSR count). The number of thiocarbonyl (C=S) groups is 1. The predicted octanol–water partition coefficient (Wildman–Crippen LogP) is 0.526. The van der Waals surface area contributed by atoms with E-state index in [1.54, 1.807) is 12.4 Å². The fraction of sp³-hybridized carbons (Fsp3) is 0.500. The average Bonchev–Trinajstić information content (AvgIpc) is 2.79. The van der Waals surface area contributed by atoms with Crippen LogP contribution in [0, 0.1) is 5.92 Å². The molecule has 2 N–H and O–H groups in total. The summed E-state index contributed by atoms with van der Waals surface area (Å²) in [6.07, 6.45) is 4.12. The Morgan fingerprint density at radius 2 is 2.38 bits per heavy atom. The van der Waals surface area contributed by atoms with Gasteiger partial charge in [0.05, 0.1) is 13.2 Å². The third-order valence-corrected chi connectivity index (χ3v) is 2.57. The molecule has 0 amide bonds. The van der Waals surface area contributed by atoms with Crippen molar-refractivity contribution in [3.63, 3.8) is 0 Å². The van der Waals surface area contributed by atoms with Crippen LogP contribution in [0.3, 0.4) is 0 Å². The van der Waals surface area contributed by atoms with Crippen molar-refractivity contribution in [1.82, 2.24) is 9.97 Å². The second kappa shape index (κ2) is 5.18. The molecule has 5 nitrogen and oxygen atoms in total. The largest absolute Gasteiger partial charge is 0.476 e. The van der Waals surface area contributed by atoms with E-state index in [-0.39, 0.29) is 4.99 Å². The first kappa shape index (κ1) is 11.2. The van der Waals surface area contributed by atoms with Gasteiger partial charge in [0.15, 0.2) is 5.69 Å². The second-order valence-electron chi connectivity index (χ2n) is 3.61. The molecule has 1 aliphatic rings. The van der Waals surface area contributed by atoms with Gasteiger partial charge in [0.1, 0.15) is 4.99 Å². The van der Waals surface area contributed by atoms with Gasteiger partial charge in [-0.05, 0) is 6.42 Å². The first-order valence-electron chi connectivity index (χ1n) is 5.08. The van der Waals surface area contributed by atoms with Gasteiger partial charge < -0.3 is 15.2 Å². The number of hydrogen-bond donors (Lipinski definition) is 1. The van der Waals surface area contributed by atoms with Crippen molar-refractivity contribution in [1.29, 1.82) is 0 Å². The minimum atomic E-state index is 0.200. The van der Waals surface area contributed by atoms with Crippen LogP contribution in [-0.2, 0) is 4.74 Å². The number of nitrogens with zero attached hydrogens (tertiary/aromatic N) is 2. The van der Waals surface area contributed by atoms with Crippen molar-refractivity contribution >= 4 is 17.2 Å². The molecule has 1 saturated heterocycles. The van der Waals surface area contributed by atoms with E-state index in [0.29, 0.717) is 24.1 Å². The fourth-order valence-electron chi connectivity index (χ4n) is 1.51. The maximum absolute atomic E-state index is 5.56. The van der Waals surface area contributed by atoms with Crippen LogP contribution in [0.2, 0.25) is 0 Å². The monoisotopic (exact) mass is 239 g/mol. The molecule has 1 aromatic heterocycles. The van der Waals surface area contributed by atoms with Gasteiger partial charge in [-0.2, -0.15) is 0 Å². The molecule has 0 saturated carbocycles. The summed E-state index contributed by atoms with van der Waals surface area (Å²) in [5.41, 5.74) is 5.96. The molecule has 1 aromatic rings. The van der Waals surface area contributed by atoms with Crippen LogP contribution >= 0.6 is 12.2 Å². The van der Waals surface area contributed by atoms with Crippen molar-refractivity contribution in [3.05, 3.63) is 18.1 Å². The second-order valence-corrected chi connectivity index (χ2v) is 4.05. The number of ether oxygens (including phenoxy) is 2. The molecule has 2 heterocycles. The Morgan fingerprint density at radius 1 is 1.56 bits per heavy atom. The zero-order chi connectivity index (χ0) is 11.4. The highest BCUT2D eigenvalue weighted by Crippen LogP contribution is 2.16. The molecule has 0 spiro atoms. The van der Waals surface area contributed by atoms with E-state index >= 15 is 0 Å². The van der Waals surface area contributed by atoms with E-state index in [9.17, 15) is 0 Å². The van der Waals surface area contributed by atoms with Gasteiger partial charge in [-0.3, -0.25) is 0 Å². The third-order valence-electron chi connectivity index (χ3n) is 2.38.